The molecule has 4 heteroatoms. The predicted molar refractivity (Wildman–Crippen MR) is 76.9 cm³/mol. The first kappa shape index (κ1) is 16.8. The number of halogens is 2. The number of benzene rings is 1. The smallest absolute Gasteiger partial charge is 0.169 e. The minimum atomic E-state index is -1.04. The molecule has 0 radical (unpaired) electrons. The Kier molecular flexibility index (Phi) is 6.27. The molecule has 1 aromatic rings. The zero-order valence-corrected chi connectivity index (χ0v) is 12.6. The van der Waals surface area contributed by atoms with Gasteiger partial charge in [0.1, 0.15) is 0 Å². The van der Waals surface area contributed by atoms with E-state index in [9.17, 15) is 13.6 Å². The van der Waals surface area contributed by atoms with Gasteiger partial charge in [-0.25, -0.2) is 8.78 Å². The highest BCUT2D eigenvalue weighted by Gasteiger charge is 2.17. The third-order valence-corrected chi connectivity index (χ3v) is 3.21. The maximum atomic E-state index is 13.5. The molecule has 1 rings (SSSR count). The molecule has 0 atom stereocenters. The minimum Gasteiger partial charge on any atom is -0.300 e. The van der Waals surface area contributed by atoms with E-state index in [1.54, 1.807) is 0 Å². The fourth-order valence-corrected chi connectivity index (χ4v) is 2.13. The summed E-state index contributed by atoms with van der Waals surface area (Å²) in [4.78, 5) is 14.2. The molecule has 0 aromatic heterocycles. The van der Waals surface area contributed by atoms with Crippen LogP contribution < -0.4 is 0 Å². The molecular formula is C16H23F2NO. The monoisotopic (exact) mass is 283 g/mol. The van der Waals surface area contributed by atoms with E-state index in [0.717, 1.165) is 12.6 Å². The Hall–Kier alpha value is -1.29. The highest BCUT2D eigenvalue weighted by molar-refractivity contribution is 5.96. The molecule has 0 aliphatic rings. The van der Waals surface area contributed by atoms with Crippen LogP contribution in [-0.2, 0) is 0 Å². The van der Waals surface area contributed by atoms with Crippen molar-refractivity contribution in [1.29, 1.82) is 0 Å². The number of carbonyl (C=O) groups excluding carboxylic acids is 1. The van der Waals surface area contributed by atoms with Gasteiger partial charge in [0, 0.05) is 25.6 Å². The lowest BCUT2D eigenvalue weighted by Gasteiger charge is -2.27. The largest absolute Gasteiger partial charge is 0.300 e. The molecule has 0 unspecified atom stereocenters. The zero-order chi connectivity index (χ0) is 15.3. The van der Waals surface area contributed by atoms with Gasteiger partial charge in [-0.3, -0.25) is 4.79 Å². The Morgan fingerprint density at radius 3 is 2.40 bits per heavy atom. The van der Waals surface area contributed by atoms with Crippen LogP contribution in [0.15, 0.2) is 18.2 Å². The van der Waals surface area contributed by atoms with Crippen molar-refractivity contribution < 1.29 is 13.6 Å². The SMILES string of the molecule is CC(C)CN(CCC(=O)c1cccc(F)c1F)C(C)C. The topological polar surface area (TPSA) is 20.3 Å². The van der Waals surface area contributed by atoms with E-state index in [-0.39, 0.29) is 17.8 Å². The molecule has 0 aliphatic heterocycles. The molecule has 112 valence electrons. The first-order chi connectivity index (χ1) is 9.32. The van der Waals surface area contributed by atoms with Crippen molar-refractivity contribution in [1.82, 2.24) is 4.90 Å². The summed E-state index contributed by atoms with van der Waals surface area (Å²) in [5.74, 6) is -1.87. The fourth-order valence-electron chi connectivity index (χ4n) is 2.13. The van der Waals surface area contributed by atoms with Crippen LogP contribution in [0.5, 0.6) is 0 Å². The summed E-state index contributed by atoms with van der Waals surface area (Å²) in [7, 11) is 0. The van der Waals surface area contributed by atoms with Gasteiger partial charge >= 0.3 is 0 Å². The second-order valence-electron chi connectivity index (χ2n) is 5.76. The second kappa shape index (κ2) is 7.48. The van der Waals surface area contributed by atoms with Gasteiger partial charge in [-0.15, -0.1) is 0 Å². The Bertz CT molecular complexity index is 458. The van der Waals surface area contributed by atoms with Crippen LogP contribution in [0.3, 0.4) is 0 Å². The molecule has 0 spiro atoms. The van der Waals surface area contributed by atoms with Crippen LogP contribution in [0.1, 0.15) is 44.5 Å². The van der Waals surface area contributed by atoms with E-state index in [1.165, 1.54) is 12.1 Å². The quantitative estimate of drug-likeness (QED) is 0.707. The lowest BCUT2D eigenvalue weighted by Crippen LogP contribution is -2.35. The number of rotatable bonds is 7. The average Bonchev–Trinajstić information content (AvgIpc) is 2.36. The van der Waals surface area contributed by atoms with Crippen molar-refractivity contribution in [3.8, 4) is 0 Å². The van der Waals surface area contributed by atoms with E-state index < -0.39 is 11.6 Å². The number of Topliss-reactive ketones (excluding diaryl/α,β-unsaturated/α-hetero) is 1. The molecule has 20 heavy (non-hydrogen) atoms. The lowest BCUT2D eigenvalue weighted by molar-refractivity contribution is 0.0945. The van der Waals surface area contributed by atoms with Crippen LogP contribution in [0, 0.1) is 17.6 Å². The van der Waals surface area contributed by atoms with Gasteiger partial charge in [-0.05, 0) is 31.9 Å². The van der Waals surface area contributed by atoms with Crippen LogP contribution in [0.2, 0.25) is 0 Å². The summed E-state index contributed by atoms with van der Waals surface area (Å²) >= 11 is 0. The number of ketones is 1. The number of nitrogens with zero attached hydrogens (tertiary/aromatic N) is 1. The maximum Gasteiger partial charge on any atom is 0.169 e. The normalized spacial score (nSPS) is 11.7. The third-order valence-electron chi connectivity index (χ3n) is 3.21. The minimum absolute atomic E-state index is 0.154. The molecule has 0 bridgehead atoms. The molecule has 0 amide bonds. The molecule has 0 N–H and O–H groups in total. The third kappa shape index (κ3) is 4.67. The highest BCUT2D eigenvalue weighted by Crippen LogP contribution is 2.14. The highest BCUT2D eigenvalue weighted by atomic mass is 19.2. The predicted octanol–water partition coefficient (Wildman–Crippen LogP) is 3.90. The molecular weight excluding hydrogens is 260 g/mol. The van der Waals surface area contributed by atoms with Crippen molar-refractivity contribution in [3.05, 3.63) is 35.4 Å². The Morgan fingerprint density at radius 2 is 1.85 bits per heavy atom. The van der Waals surface area contributed by atoms with Crippen LogP contribution in [0.25, 0.3) is 0 Å². The van der Waals surface area contributed by atoms with Crippen molar-refractivity contribution in [2.24, 2.45) is 5.92 Å². The summed E-state index contributed by atoms with van der Waals surface area (Å²) in [6, 6.07) is 4.04. The van der Waals surface area contributed by atoms with Gasteiger partial charge in [-0.2, -0.15) is 0 Å². The van der Waals surface area contributed by atoms with E-state index in [1.807, 2.05) is 0 Å². The Labute approximate surface area is 119 Å². The van der Waals surface area contributed by atoms with Gasteiger partial charge in [0.05, 0.1) is 5.56 Å². The molecule has 1 aromatic carbocycles. The van der Waals surface area contributed by atoms with Crippen molar-refractivity contribution in [2.75, 3.05) is 13.1 Å². The molecule has 0 saturated heterocycles. The summed E-state index contributed by atoms with van der Waals surface area (Å²) in [6.45, 7) is 9.80. The van der Waals surface area contributed by atoms with E-state index in [0.29, 0.717) is 18.5 Å². The summed E-state index contributed by atoms with van der Waals surface area (Å²) in [6.07, 6.45) is 0.200. The first-order valence-electron chi connectivity index (χ1n) is 7.04. The van der Waals surface area contributed by atoms with Crippen molar-refractivity contribution >= 4 is 5.78 Å². The van der Waals surface area contributed by atoms with Gasteiger partial charge in [0.2, 0.25) is 0 Å². The van der Waals surface area contributed by atoms with E-state index in [2.05, 4.69) is 32.6 Å². The van der Waals surface area contributed by atoms with Crippen molar-refractivity contribution in [3.63, 3.8) is 0 Å². The molecule has 0 saturated carbocycles. The van der Waals surface area contributed by atoms with Crippen LogP contribution >= 0.6 is 0 Å². The maximum absolute atomic E-state index is 13.5. The second-order valence-corrected chi connectivity index (χ2v) is 5.76. The van der Waals surface area contributed by atoms with Crippen LogP contribution in [0.4, 0.5) is 8.78 Å². The average molecular weight is 283 g/mol. The zero-order valence-electron chi connectivity index (χ0n) is 12.6. The Morgan fingerprint density at radius 1 is 1.20 bits per heavy atom. The van der Waals surface area contributed by atoms with Gasteiger partial charge in [0.25, 0.3) is 0 Å². The standard InChI is InChI=1S/C16H23F2NO/c1-11(2)10-19(12(3)4)9-8-15(20)13-6-5-7-14(17)16(13)18/h5-7,11-12H,8-10H2,1-4H3. The summed E-state index contributed by atoms with van der Waals surface area (Å²) in [5, 5.41) is 0. The van der Waals surface area contributed by atoms with E-state index in [4.69, 9.17) is 0 Å². The number of carbonyl (C=O) groups is 1. The van der Waals surface area contributed by atoms with Gasteiger partial charge in [0.15, 0.2) is 17.4 Å². The first-order valence-corrected chi connectivity index (χ1v) is 7.04. The van der Waals surface area contributed by atoms with Crippen molar-refractivity contribution in [2.45, 2.75) is 40.2 Å². The molecule has 0 heterocycles. The van der Waals surface area contributed by atoms with E-state index >= 15 is 0 Å². The summed E-state index contributed by atoms with van der Waals surface area (Å²) in [5.41, 5.74) is -0.154. The number of hydrogen-bond donors (Lipinski definition) is 0. The van der Waals surface area contributed by atoms with Gasteiger partial charge < -0.3 is 4.90 Å². The number of hydrogen-bond acceptors (Lipinski definition) is 2. The lowest BCUT2D eigenvalue weighted by atomic mass is 10.1. The molecule has 0 aliphatic carbocycles. The molecule has 0 fully saturated rings. The summed E-state index contributed by atoms with van der Waals surface area (Å²) < 4.78 is 26.6. The fraction of sp³-hybridized carbons (Fsp3) is 0.562. The van der Waals surface area contributed by atoms with Gasteiger partial charge in [-0.1, -0.05) is 19.9 Å². The molecule has 2 nitrogen and oxygen atoms in total. The van der Waals surface area contributed by atoms with Crippen LogP contribution in [-0.4, -0.2) is 29.8 Å². The Balaban J connectivity index is 2.68.